The van der Waals surface area contributed by atoms with Crippen LogP contribution < -0.4 is 0 Å². The summed E-state index contributed by atoms with van der Waals surface area (Å²) >= 11 is 5.36. The molecule has 1 aromatic carbocycles. The SMILES string of the molecule is O=S(=O)(F)c1ccc(CCl)cc1F. The van der Waals surface area contributed by atoms with E-state index in [0.29, 0.717) is 5.56 Å². The Morgan fingerprint density at radius 2 is 2.00 bits per heavy atom. The van der Waals surface area contributed by atoms with Gasteiger partial charge in [-0.3, -0.25) is 0 Å². The van der Waals surface area contributed by atoms with E-state index in [-0.39, 0.29) is 5.88 Å². The van der Waals surface area contributed by atoms with Crippen LogP contribution in [0.4, 0.5) is 8.28 Å². The summed E-state index contributed by atoms with van der Waals surface area (Å²) in [6.45, 7) is 0. The smallest absolute Gasteiger partial charge is 0.205 e. The molecule has 0 saturated carbocycles. The van der Waals surface area contributed by atoms with Crippen molar-refractivity contribution in [2.24, 2.45) is 0 Å². The first-order valence-corrected chi connectivity index (χ1v) is 5.16. The molecule has 72 valence electrons. The van der Waals surface area contributed by atoms with E-state index in [1.165, 1.54) is 6.07 Å². The highest BCUT2D eigenvalue weighted by molar-refractivity contribution is 7.86. The maximum absolute atomic E-state index is 12.9. The molecule has 0 fully saturated rings. The number of hydrogen-bond acceptors (Lipinski definition) is 2. The zero-order valence-electron chi connectivity index (χ0n) is 6.30. The van der Waals surface area contributed by atoms with E-state index in [0.717, 1.165) is 12.1 Å². The molecule has 0 saturated heterocycles. The van der Waals surface area contributed by atoms with Gasteiger partial charge in [0, 0.05) is 5.88 Å². The van der Waals surface area contributed by atoms with Crippen molar-refractivity contribution < 1.29 is 16.7 Å². The number of hydrogen-bond donors (Lipinski definition) is 0. The van der Waals surface area contributed by atoms with Crippen molar-refractivity contribution in [1.29, 1.82) is 0 Å². The standard InChI is InChI=1S/C7H5ClF2O2S/c8-4-5-1-2-7(6(9)3-5)13(10,11)12/h1-3H,4H2. The Kier molecular flexibility index (Phi) is 2.87. The largest absolute Gasteiger partial charge is 0.335 e. The molecule has 0 aromatic heterocycles. The normalized spacial score (nSPS) is 11.6. The highest BCUT2D eigenvalue weighted by atomic mass is 35.5. The van der Waals surface area contributed by atoms with Gasteiger partial charge in [0.1, 0.15) is 10.7 Å². The number of halogens is 3. The monoisotopic (exact) mass is 226 g/mol. The molecule has 1 aromatic rings. The van der Waals surface area contributed by atoms with Crippen LogP contribution >= 0.6 is 11.6 Å². The van der Waals surface area contributed by atoms with Crippen molar-refractivity contribution in [3.8, 4) is 0 Å². The van der Waals surface area contributed by atoms with Crippen LogP contribution in [0.25, 0.3) is 0 Å². The van der Waals surface area contributed by atoms with Crippen molar-refractivity contribution in [3.05, 3.63) is 29.6 Å². The van der Waals surface area contributed by atoms with Crippen LogP contribution in [0.3, 0.4) is 0 Å². The summed E-state index contributed by atoms with van der Waals surface area (Å²) in [6.07, 6.45) is 0. The molecule has 13 heavy (non-hydrogen) atoms. The van der Waals surface area contributed by atoms with E-state index >= 15 is 0 Å². The van der Waals surface area contributed by atoms with Gasteiger partial charge >= 0.3 is 10.2 Å². The Labute approximate surface area is 79.4 Å². The van der Waals surface area contributed by atoms with Gasteiger partial charge in [-0.1, -0.05) is 6.07 Å². The van der Waals surface area contributed by atoms with Gasteiger partial charge in [0.05, 0.1) is 0 Å². The maximum atomic E-state index is 12.9. The molecule has 0 spiro atoms. The van der Waals surface area contributed by atoms with Crippen molar-refractivity contribution in [3.63, 3.8) is 0 Å². The molecule has 0 atom stereocenters. The van der Waals surface area contributed by atoms with E-state index in [2.05, 4.69) is 0 Å². The fourth-order valence-corrected chi connectivity index (χ4v) is 1.51. The van der Waals surface area contributed by atoms with Gasteiger partial charge in [0.2, 0.25) is 0 Å². The highest BCUT2D eigenvalue weighted by Crippen LogP contribution is 2.18. The number of rotatable bonds is 2. The van der Waals surface area contributed by atoms with Crippen LogP contribution in [0.1, 0.15) is 5.56 Å². The second kappa shape index (κ2) is 3.59. The summed E-state index contributed by atoms with van der Waals surface area (Å²) in [4.78, 5) is -0.957. The Bertz CT molecular complexity index is 417. The van der Waals surface area contributed by atoms with Crippen LogP contribution in [-0.4, -0.2) is 8.42 Å². The second-order valence-electron chi connectivity index (χ2n) is 2.34. The minimum absolute atomic E-state index is 0.0452. The minimum atomic E-state index is -4.98. The molecule has 0 amide bonds. The fraction of sp³-hybridized carbons (Fsp3) is 0.143. The zero-order valence-corrected chi connectivity index (χ0v) is 7.87. The van der Waals surface area contributed by atoms with Crippen molar-refractivity contribution in [2.45, 2.75) is 10.8 Å². The predicted molar refractivity (Wildman–Crippen MR) is 44.3 cm³/mol. The van der Waals surface area contributed by atoms with Gasteiger partial charge in [0.25, 0.3) is 0 Å². The van der Waals surface area contributed by atoms with E-state index in [1.54, 1.807) is 0 Å². The van der Waals surface area contributed by atoms with Gasteiger partial charge < -0.3 is 0 Å². The summed E-state index contributed by atoms with van der Waals surface area (Å²) in [7, 11) is -4.98. The summed E-state index contributed by atoms with van der Waals surface area (Å²) in [5.41, 5.74) is 0.395. The predicted octanol–water partition coefficient (Wildman–Crippen LogP) is 2.22. The highest BCUT2D eigenvalue weighted by Gasteiger charge is 2.17. The second-order valence-corrected chi connectivity index (χ2v) is 3.92. The lowest BCUT2D eigenvalue weighted by atomic mass is 10.2. The van der Waals surface area contributed by atoms with E-state index in [1.807, 2.05) is 0 Å². The molecular formula is C7H5ClF2O2S. The molecular weight excluding hydrogens is 222 g/mol. The first-order chi connectivity index (χ1) is 5.95. The number of benzene rings is 1. The molecule has 6 heteroatoms. The Balaban J connectivity index is 3.29. The third-order valence-electron chi connectivity index (χ3n) is 1.41. The third kappa shape index (κ3) is 2.38. The van der Waals surface area contributed by atoms with Gasteiger partial charge in [-0.15, -0.1) is 15.5 Å². The average Bonchev–Trinajstić information content (AvgIpc) is 2.01. The minimum Gasteiger partial charge on any atom is -0.205 e. The van der Waals surface area contributed by atoms with E-state index in [4.69, 9.17) is 11.6 Å². The van der Waals surface area contributed by atoms with Crippen molar-refractivity contribution >= 4 is 21.8 Å². The summed E-state index contributed by atoms with van der Waals surface area (Å²) in [5.74, 6) is -1.08. The fourth-order valence-electron chi connectivity index (χ4n) is 0.825. The lowest BCUT2D eigenvalue weighted by molar-refractivity contribution is 0.533. The van der Waals surface area contributed by atoms with Gasteiger partial charge in [0.15, 0.2) is 0 Å². The van der Waals surface area contributed by atoms with E-state index in [9.17, 15) is 16.7 Å². The van der Waals surface area contributed by atoms with Crippen LogP contribution in [0.2, 0.25) is 0 Å². The van der Waals surface area contributed by atoms with Gasteiger partial charge in [-0.05, 0) is 17.7 Å². The molecule has 0 aliphatic carbocycles. The molecule has 0 heterocycles. The summed E-state index contributed by atoms with van der Waals surface area (Å²) in [6, 6.07) is 2.99. The first kappa shape index (κ1) is 10.4. The summed E-state index contributed by atoms with van der Waals surface area (Å²) < 4.78 is 45.8. The molecule has 0 radical (unpaired) electrons. The van der Waals surface area contributed by atoms with Gasteiger partial charge in [-0.2, -0.15) is 8.42 Å². The lowest BCUT2D eigenvalue weighted by Crippen LogP contribution is -1.97. The molecule has 0 aliphatic heterocycles. The van der Waals surface area contributed by atoms with Crippen LogP contribution in [0.15, 0.2) is 23.1 Å². The molecule has 1 rings (SSSR count). The van der Waals surface area contributed by atoms with Gasteiger partial charge in [-0.25, -0.2) is 4.39 Å². The average molecular weight is 227 g/mol. The van der Waals surface area contributed by atoms with Crippen molar-refractivity contribution in [2.75, 3.05) is 0 Å². The molecule has 0 aliphatic rings. The zero-order chi connectivity index (χ0) is 10.1. The van der Waals surface area contributed by atoms with Crippen LogP contribution in [0, 0.1) is 5.82 Å². The quantitative estimate of drug-likeness (QED) is 0.572. The molecule has 2 nitrogen and oxygen atoms in total. The molecule has 0 N–H and O–H groups in total. The maximum Gasteiger partial charge on any atom is 0.335 e. The van der Waals surface area contributed by atoms with Crippen molar-refractivity contribution in [1.82, 2.24) is 0 Å². The Hall–Kier alpha value is -0.680. The number of alkyl halides is 1. The molecule has 0 unspecified atom stereocenters. The van der Waals surface area contributed by atoms with Crippen LogP contribution in [-0.2, 0) is 16.1 Å². The van der Waals surface area contributed by atoms with Crippen LogP contribution in [0.5, 0.6) is 0 Å². The third-order valence-corrected chi connectivity index (χ3v) is 2.58. The topological polar surface area (TPSA) is 34.1 Å². The van der Waals surface area contributed by atoms with E-state index < -0.39 is 20.9 Å². The molecule has 0 bridgehead atoms. The summed E-state index contributed by atoms with van der Waals surface area (Å²) in [5, 5.41) is 0. The Morgan fingerprint density at radius 1 is 1.38 bits per heavy atom. The Morgan fingerprint density at radius 3 is 2.38 bits per heavy atom. The first-order valence-electron chi connectivity index (χ1n) is 3.24. The lowest BCUT2D eigenvalue weighted by Gasteiger charge is -1.99.